The van der Waals surface area contributed by atoms with Gasteiger partial charge in [-0.15, -0.1) is 0 Å². The molecular weight excluding hydrogens is 471 g/mol. The fourth-order valence-electron chi connectivity index (χ4n) is 2.11. The van der Waals surface area contributed by atoms with E-state index in [1.54, 1.807) is 36.4 Å². The number of esters is 1. The third-order valence-electron chi connectivity index (χ3n) is 3.58. The quantitative estimate of drug-likeness (QED) is 0.540. The highest BCUT2D eigenvalue weighted by Crippen LogP contribution is 2.25. The van der Waals surface area contributed by atoms with Gasteiger partial charge in [-0.2, -0.15) is 0 Å². The molecular formula is C19H17BrCl2N2O4. The predicted octanol–water partition coefficient (Wildman–Crippen LogP) is 4.96. The topological polar surface area (TPSA) is 84.5 Å². The van der Waals surface area contributed by atoms with E-state index in [9.17, 15) is 14.4 Å². The number of hydrogen-bond acceptors (Lipinski definition) is 4. The maximum absolute atomic E-state index is 11.9. The van der Waals surface area contributed by atoms with Gasteiger partial charge in [0.05, 0.1) is 17.1 Å². The van der Waals surface area contributed by atoms with Gasteiger partial charge < -0.3 is 15.4 Å². The molecule has 0 atom stereocenters. The van der Waals surface area contributed by atoms with E-state index in [-0.39, 0.29) is 18.7 Å². The third-order valence-corrected chi connectivity index (χ3v) is 4.79. The maximum atomic E-state index is 11.9. The lowest BCUT2D eigenvalue weighted by atomic mass is 10.2. The minimum Gasteiger partial charge on any atom is -0.456 e. The molecule has 0 fully saturated rings. The average molecular weight is 488 g/mol. The first-order chi connectivity index (χ1) is 13.2. The number of benzene rings is 2. The normalized spacial score (nSPS) is 10.3. The molecule has 0 spiro atoms. The molecule has 2 aromatic carbocycles. The van der Waals surface area contributed by atoms with Crippen LogP contribution in [0.5, 0.6) is 0 Å². The van der Waals surface area contributed by atoms with Crippen LogP contribution in [0.25, 0.3) is 0 Å². The van der Waals surface area contributed by atoms with Crippen molar-refractivity contribution in [2.75, 3.05) is 17.2 Å². The molecule has 6 nitrogen and oxygen atoms in total. The van der Waals surface area contributed by atoms with Gasteiger partial charge in [0.2, 0.25) is 5.91 Å². The Kier molecular flexibility index (Phi) is 8.29. The Hall–Kier alpha value is -2.09. The van der Waals surface area contributed by atoms with Crippen molar-refractivity contribution in [2.24, 2.45) is 0 Å². The summed E-state index contributed by atoms with van der Waals surface area (Å²) in [5.41, 5.74) is 1.84. The molecule has 0 aliphatic carbocycles. The van der Waals surface area contributed by atoms with E-state index in [4.69, 9.17) is 27.9 Å². The number of anilines is 2. The van der Waals surface area contributed by atoms with Gasteiger partial charge in [0.15, 0.2) is 6.61 Å². The number of carbonyl (C=O) groups is 3. The van der Waals surface area contributed by atoms with Crippen LogP contribution in [0.3, 0.4) is 0 Å². The first-order valence-corrected chi connectivity index (χ1v) is 9.76. The van der Waals surface area contributed by atoms with Crippen LogP contribution < -0.4 is 10.6 Å². The van der Waals surface area contributed by atoms with Crippen molar-refractivity contribution in [3.8, 4) is 0 Å². The van der Waals surface area contributed by atoms with Gasteiger partial charge >= 0.3 is 5.97 Å². The van der Waals surface area contributed by atoms with Crippen molar-refractivity contribution in [2.45, 2.75) is 19.8 Å². The summed E-state index contributed by atoms with van der Waals surface area (Å²) in [7, 11) is 0. The predicted molar refractivity (Wildman–Crippen MR) is 113 cm³/mol. The molecule has 148 valence electrons. The number of nitrogens with one attached hydrogen (secondary N) is 2. The molecule has 9 heteroatoms. The van der Waals surface area contributed by atoms with Gasteiger partial charge in [0.1, 0.15) is 0 Å². The number of hydrogen-bond donors (Lipinski definition) is 2. The first-order valence-electron chi connectivity index (χ1n) is 8.21. The Labute approximate surface area is 180 Å². The number of halogens is 3. The van der Waals surface area contributed by atoms with Crippen molar-refractivity contribution in [3.05, 3.63) is 56.5 Å². The van der Waals surface area contributed by atoms with Gasteiger partial charge in [-0.25, -0.2) is 0 Å². The van der Waals surface area contributed by atoms with E-state index in [1.165, 1.54) is 0 Å². The molecule has 0 saturated heterocycles. The number of ether oxygens (including phenoxy) is 1. The highest BCUT2D eigenvalue weighted by atomic mass is 79.9. The van der Waals surface area contributed by atoms with E-state index >= 15 is 0 Å². The van der Waals surface area contributed by atoms with Crippen molar-refractivity contribution < 1.29 is 19.1 Å². The fourth-order valence-corrected chi connectivity index (χ4v) is 3.01. The molecule has 0 aliphatic heterocycles. The maximum Gasteiger partial charge on any atom is 0.306 e. The molecule has 2 N–H and O–H groups in total. The lowest BCUT2D eigenvalue weighted by Gasteiger charge is -2.09. The summed E-state index contributed by atoms with van der Waals surface area (Å²) in [6.07, 6.45) is -0.234. The molecule has 28 heavy (non-hydrogen) atoms. The summed E-state index contributed by atoms with van der Waals surface area (Å²) in [6, 6.07) is 10.1. The zero-order valence-corrected chi connectivity index (χ0v) is 18.0. The SMILES string of the molecule is Cc1ccc(NC(=O)CCC(=O)OCC(=O)Nc2ccc(Br)cc2Cl)cc1Cl. The molecule has 0 aliphatic rings. The second-order valence-corrected chi connectivity index (χ2v) is 7.58. The first kappa shape index (κ1) is 22.2. The highest BCUT2D eigenvalue weighted by Gasteiger charge is 2.12. The molecule has 0 unspecified atom stereocenters. The van der Waals surface area contributed by atoms with Crippen molar-refractivity contribution in [1.29, 1.82) is 0 Å². The molecule has 2 amide bonds. The van der Waals surface area contributed by atoms with Crippen molar-refractivity contribution in [1.82, 2.24) is 0 Å². The average Bonchev–Trinajstić information content (AvgIpc) is 2.63. The van der Waals surface area contributed by atoms with E-state index in [2.05, 4.69) is 26.6 Å². The molecule has 2 aromatic rings. The molecule has 0 radical (unpaired) electrons. The Balaban J connectivity index is 1.72. The van der Waals surface area contributed by atoms with E-state index < -0.39 is 18.5 Å². The van der Waals surface area contributed by atoms with Gasteiger partial charge in [-0.05, 0) is 42.8 Å². The highest BCUT2D eigenvalue weighted by molar-refractivity contribution is 9.10. The van der Waals surface area contributed by atoms with Gasteiger partial charge in [0.25, 0.3) is 5.91 Å². The molecule has 0 heterocycles. The largest absolute Gasteiger partial charge is 0.456 e. The second kappa shape index (κ2) is 10.5. The Bertz CT molecular complexity index is 905. The van der Waals surface area contributed by atoms with Gasteiger partial charge in [-0.1, -0.05) is 45.2 Å². The molecule has 0 bridgehead atoms. The Morgan fingerprint density at radius 2 is 1.71 bits per heavy atom. The number of rotatable bonds is 7. The smallest absolute Gasteiger partial charge is 0.306 e. The molecule has 2 rings (SSSR count). The van der Waals surface area contributed by atoms with E-state index in [0.717, 1.165) is 10.0 Å². The minimum atomic E-state index is -0.658. The Morgan fingerprint density at radius 3 is 2.39 bits per heavy atom. The minimum absolute atomic E-state index is 0.0789. The summed E-state index contributed by atoms with van der Waals surface area (Å²) < 4.78 is 5.64. The van der Waals surface area contributed by atoms with Crippen molar-refractivity contribution >= 4 is 68.3 Å². The summed E-state index contributed by atoms with van der Waals surface area (Å²) >= 11 is 15.3. The summed E-state index contributed by atoms with van der Waals surface area (Å²) in [5, 5.41) is 6.07. The zero-order chi connectivity index (χ0) is 20.7. The van der Waals surface area contributed by atoms with Crippen LogP contribution >= 0.6 is 39.1 Å². The lowest BCUT2D eigenvalue weighted by Crippen LogP contribution is -2.22. The van der Waals surface area contributed by atoms with E-state index in [0.29, 0.717) is 21.4 Å². The van der Waals surface area contributed by atoms with Crippen LogP contribution in [0.1, 0.15) is 18.4 Å². The number of aryl methyl sites for hydroxylation is 1. The van der Waals surface area contributed by atoms with Gasteiger partial charge in [0, 0.05) is 21.6 Å². The van der Waals surface area contributed by atoms with Crippen LogP contribution in [-0.2, 0) is 19.1 Å². The summed E-state index contributed by atoms with van der Waals surface area (Å²) in [5.74, 6) is -1.55. The lowest BCUT2D eigenvalue weighted by molar-refractivity contribution is -0.147. The second-order valence-electron chi connectivity index (χ2n) is 5.85. The fraction of sp³-hybridized carbons (Fsp3) is 0.211. The van der Waals surface area contributed by atoms with Crippen LogP contribution in [-0.4, -0.2) is 24.4 Å². The summed E-state index contributed by atoms with van der Waals surface area (Å²) in [6.45, 7) is 1.38. The van der Waals surface area contributed by atoms with Crippen LogP contribution in [0, 0.1) is 6.92 Å². The zero-order valence-electron chi connectivity index (χ0n) is 14.9. The van der Waals surface area contributed by atoms with Gasteiger partial charge in [-0.3, -0.25) is 14.4 Å². The van der Waals surface area contributed by atoms with Crippen molar-refractivity contribution in [3.63, 3.8) is 0 Å². The summed E-state index contributed by atoms with van der Waals surface area (Å²) in [4.78, 5) is 35.5. The number of carbonyl (C=O) groups excluding carboxylic acids is 3. The number of amides is 2. The molecule has 0 aromatic heterocycles. The van der Waals surface area contributed by atoms with E-state index in [1.807, 2.05) is 6.92 Å². The Morgan fingerprint density at radius 1 is 0.964 bits per heavy atom. The van der Waals surface area contributed by atoms with Crippen LogP contribution in [0.4, 0.5) is 11.4 Å². The molecule has 0 saturated carbocycles. The van der Waals surface area contributed by atoms with Crippen LogP contribution in [0.2, 0.25) is 10.0 Å². The van der Waals surface area contributed by atoms with Crippen LogP contribution in [0.15, 0.2) is 40.9 Å². The standard InChI is InChI=1S/C19H17BrCl2N2O4/c1-11-2-4-13(9-14(11)21)23-17(25)6-7-19(27)28-10-18(26)24-16-5-3-12(20)8-15(16)22/h2-5,8-9H,6-7,10H2,1H3,(H,23,25)(H,24,26). The monoisotopic (exact) mass is 486 g/mol. The third kappa shape index (κ3) is 7.14.